The monoisotopic (exact) mass is 449 g/mol. The fraction of sp³-hybridized carbons (Fsp3) is 0.316. The Kier molecular flexibility index (Phi) is 6.63. The predicted octanol–water partition coefficient (Wildman–Crippen LogP) is 3.12. The fourth-order valence-electron chi connectivity index (χ4n) is 2.97. The molecule has 0 saturated carbocycles. The third-order valence-electron chi connectivity index (χ3n) is 4.46. The third kappa shape index (κ3) is 5.17. The van der Waals surface area contributed by atoms with Gasteiger partial charge in [0.1, 0.15) is 0 Å². The average molecular weight is 450 g/mol. The lowest BCUT2D eigenvalue weighted by Crippen LogP contribution is -2.44. The van der Waals surface area contributed by atoms with Crippen LogP contribution >= 0.6 is 27.3 Å². The molecular formula is C19H20BrN3O3S. The van der Waals surface area contributed by atoms with Crippen molar-refractivity contribution in [3.8, 4) is 0 Å². The number of likely N-dealkylation sites (tertiary alicyclic amines) is 1. The van der Waals surface area contributed by atoms with Crippen LogP contribution in [0.4, 0.5) is 5.69 Å². The molecule has 0 radical (unpaired) electrons. The summed E-state index contributed by atoms with van der Waals surface area (Å²) in [7, 11) is 0. The van der Waals surface area contributed by atoms with Crippen molar-refractivity contribution in [1.29, 1.82) is 0 Å². The maximum absolute atomic E-state index is 12.3. The standard InChI is InChI=1S/C19H20BrN3O3S/c20-14-4-1-2-5-15(14)22-17(24)12-21-18(25)13-7-9-23(10-8-13)19(26)16-6-3-11-27-16/h1-6,11,13H,7-10,12H2,(H,21,25)(H,22,24). The molecule has 27 heavy (non-hydrogen) atoms. The van der Waals surface area contributed by atoms with Crippen LogP contribution in [0.15, 0.2) is 46.3 Å². The summed E-state index contributed by atoms with van der Waals surface area (Å²) in [6, 6.07) is 11.0. The van der Waals surface area contributed by atoms with Crippen molar-refractivity contribution in [2.75, 3.05) is 25.0 Å². The lowest BCUT2D eigenvalue weighted by molar-refractivity contribution is -0.128. The van der Waals surface area contributed by atoms with Crippen LogP contribution in [0, 0.1) is 5.92 Å². The predicted molar refractivity (Wildman–Crippen MR) is 109 cm³/mol. The minimum absolute atomic E-state index is 0.0247. The molecule has 0 aliphatic carbocycles. The van der Waals surface area contributed by atoms with Crippen molar-refractivity contribution in [3.63, 3.8) is 0 Å². The van der Waals surface area contributed by atoms with E-state index < -0.39 is 0 Å². The number of halogens is 1. The Hall–Kier alpha value is -2.19. The molecule has 2 heterocycles. The van der Waals surface area contributed by atoms with Crippen LogP contribution in [0.1, 0.15) is 22.5 Å². The summed E-state index contributed by atoms with van der Waals surface area (Å²) in [6.07, 6.45) is 1.21. The average Bonchev–Trinajstić information content (AvgIpc) is 3.22. The van der Waals surface area contributed by atoms with E-state index in [0.717, 1.165) is 9.35 Å². The van der Waals surface area contributed by atoms with Crippen LogP contribution in [-0.4, -0.2) is 42.3 Å². The fourth-order valence-corrected chi connectivity index (χ4v) is 4.04. The van der Waals surface area contributed by atoms with Gasteiger partial charge in [0.15, 0.2) is 0 Å². The molecule has 2 aromatic rings. The first kappa shape index (κ1) is 19.6. The second-order valence-corrected chi connectivity index (χ2v) is 8.09. The van der Waals surface area contributed by atoms with Crippen molar-refractivity contribution in [2.24, 2.45) is 5.92 Å². The SMILES string of the molecule is O=C(CNC(=O)C1CCN(C(=O)c2cccs2)CC1)Nc1ccccc1Br. The van der Waals surface area contributed by atoms with E-state index in [9.17, 15) is 14.4 Å². The maximum Gasteiger partial charge on any atom is 0.263 e. The highest BCUT2D eigenvalue weighted by atomic mass is 79.9. The number of nitrogens with one attached hydrogen (secondary N) is 2. The van der Waals surface area contributed by atoms with Crippen LogP contribution in [0.5, 0.6) is 0 Å². The summed E-state index contributed by atoms with van der Waals surface area (Å²) in [6.45, 7) is 1.03. The number of amides is 3. The van der Waals surface area contributed by atoms with Gasteiger partial charge in [-0.3, -0.25) is 14.4 Å². The summed E-state index contributed by atoms with van der Waals surface area (Å²) < 4.78 is 0.785. The van der Waals surface area contributed by atoms with Gasteiger partial charge in [-0.15, -0.1) is 11.3 Å². The number of benzene rings is 1. The van der Waals surface area contributed by atoms with Crippen LogP contribution in [-0.2, 0) is 9.59 Å². The number of piperidine rings is 1. The number of nitrogens with zero attached hydrogens (tertiary/aromatic N) is 1. The van der Waals surface area contributed by atoms with E-state index in [2.05, 4.69) is 26.6 Å². The molecule has 2 N–H and O–H groups in total. The molecule has 3 rings (SSSR count). The molecule has 1 saturated heterocycles. The molecule has 142 valence electrons. The van der Waals surface area contributed by atoms with Gasteiger partial charge in [0.05, 0.1) is 17.1 Å². The van der Waals surface area contributed by atoms with Gasteiger partial charge < -0.3 is 15.5 Å². The summed E-state index contributed by atoms with van der Waals surface area (Å²) >= 11 is 4.79. The van der Waals surface area contributed by atoms with Crippen LogP contribution in [0.25, 0.3) is 0 Å². The zero-order valence-corrected chi connectivity index (χ0v) is 17.0. The van der Waals surface area contributed by atoms with Gasteiger partial charge in [-0.2, -0.15) is 0 Å². The molecule has 1 fully saturated rings. The number of carbonyl (C=O) groups excluding carboxylic acids is 3. The second-order valence-electron chi connectivity index (χ2n) is 6.29. The maximum atomic E-state index is 12.3. The minimum atomic E-state index is -0.277. The zero-order chi connectivity index (χ0) is 19.2. The van der Waals surface area contributed by atoms with E-state index >= 15 is 0 Å². The quantitative estimate of drug-likeness (QED) is 0.735. The first-order valence-corrected chi connectivity index (χ1v) is 10.4. The number of hydrogen-bond acceptors (Lipinski definition) is 4. The largest absolute Gasteiger partial charge is 0.347 e. The van der Waals surface area contributed by atoms with E-state index in [1.54, 1.807) is 11.0 Å². The zero-order valence-electron chi connectivity index (χ0n) is 14.6. The number of para-hydroxylation sites is 1. The Morgan fingerprint density at radius 2 is 1.85 bits per heavy atom. The number of rotatable bonds is 5. The molecule has 8 heteroatoms. The van der Waals surface area contributed by atoms with Gasteiger partial charge in [0.2, 0.25) is 11.8 Å². The molecule has 0 bridgehead atoms. The van der Waals surface area contributed by atoms with Crippen LogP contribution < -0.4 is 10.6 Å². The van der Waals surface area contributed by atoms with Gasteiger partial charge in [0.25, 0.3) is 5.91 Å². The lowest BCUT2D eigenvalue weighted by atomic mass is 9.96. The molecule has 1 aromatic carbocycles. The molecule has 6 nitrogen and oxygen atoms in total. The number of carbonyl (C=O) groups is 3. The van der Waals surface area contributed by atoms with E-state index in [1.165, 1.54) is 11.3 Å². The second kappa shape index (κ2) is 9.14. The van der Waals surface area contributed by atoms with Gasteiger partial charge in [-0.25, -0.2) is 0 Å². The van der Waals surface area contributed by atoms with E-state index in [-0.39, 0.29) is 30.2 Å². The van der Waals surface area contributed by atoms with Crippen molar-refractivity contribution in [1.82, 2.24) is 10.2 Å². The Balaban J connectivity index is 1.42. The number of hydrogen-bond donors (Lipinski definition) is 2. The van der Waals surface area contributed by atoms with Gasteiger partial charge >= 0.3 is 0 Å². The summed E-state index contributed by atoms with van der Waals surface area (Å²) in [4.78, 5) is 39.2. The Morgan fingerprint density at radius 3 is 2.52 bits per heavy atom. The molecular weight excluding hydrogens is 430 g/mol. The van der Waals surface area contributed by atoms with E-state index in [4.69, 9.17) is 0 Å². The Labute approximate surface area is 170 Å². The van der Waals surface area contributed by atoms with Gasteiger partial charge in [0, 0.05) is 23.5 Å². The third-order valence-corrected chi connectivity index (χ3v) is 6.01. The smallest absolute Gasteiger partial charge is 0.263 e. The molecule has 3 amide bonds. The van der Waals surface area contributed by atoms with Crippen molar-refractivity contribution in [3.05, 3.63) is 51.1 Å². The lowest BCUT2D eigenvalue weighted by Gasteiger charge is -2.31. The van der Waals surface area contributed by atoms with Crippen molar-refractivity contribution in [2.45, 2.75) is 12.8 Å². The molecule has 0 atom stereocenters. The van der Waals surface area contributed by atoms with Crippen molar-refractivity contribution < 1.29 is 14.4 Å². The Morgan fingerprint density at radius 1 is 1.11 bits per heavy atom. The van der Waals surface area contributed by atoms with E-state index in [0.29, 0.717) is 31.6 Å². The Bertz CT molecular complexity index is 817. The molecule has 0 unspecified atom stereocenters. The first-order valence-electron chi connectivity index (χ1n) is 8.69. The number of anilines is 1. The highest BCUT2D eigenvalue weighted by Gasteiger charge is 2.28. The molecule has 0 spiro atoms. The summed E-state index contributed by atoms with van der Waals surface area (Å²) in [5.74, 6) is -0.564. The normalized spacial score (nSPS) is 14.6. The van der Waals surface area contributed by atoms with Crippen LogP contribution in [0.2, 0.25) is 0 Å². The highest BCUT2D eigenvalue weighted by Crippen LogP contribution is 2.22. The molecule has 1 aliphatic heterocycles. The minimum Gasteiger partial charge on any atom is -0.347 e. The summed E-state index contributed by atoms with van der Waals surface area (Å²) in [5.41, 5.74) is 0.664. The molecule has 1 aliphatic rings. The van der Waals surface area contributed by atoms with Crippen molar-refractivity contribution >= 4 is 50.7 Å². The topological polar surface area (TPSA) is 78.5 Å². The highest BCUT2D eigenvalue weighted by molar-refractivity contribution is 9.10. The molecule has 1 aromatic heterocycles. The van der Waals surface area contributed by atoms with Gasteiger partial charge in [-0.05, 0) is 52.4 Å². The van der Waals surface area contributed by atoms with Gasteiger partial charge in [-0.1, -0.05) is 18.2 Å². The number of thiophene rings is 1. The van der Waals surface area contributed by atoms with E-state index in [1.807, 2.05) is 35.7 Å². The summed E-state index contributed by atoms with van der Waals surface area (Å²) in [5, 5.41) is 7.33. The first-order chi connectivity index (χ1) is 13.0. The van der Waals surface area contributed by atoms with Crippen LogP contribution in [0.3, 0.4) is 0 Å².